The van der Waals surface area contributed by atoms with Crippen molar-refractivity contribution in [2.24, 2.45) is 4.99 Å². The Balaban J connectivity index is 2.13. The molecule has 0 bridgehead atoms. The van der Waals surface area contributed by atoms with E-state index in [2.05, 4.69) is 9.98 Å². The average molecular weight is 283 g/mol. The molecule has 20 heavy (non-hydrogen) atoms. The second-order valence-electron chi connectivity index (χ2n) is 4.55. The maximum absolute atomic E-state index is 11.8. The van der Waals surface area contributed by atoms with Gasteiger partial charge in [0.25, 0.3) is 0 Å². The normalized spacial score (nSPS) is 15.5. The zero-order valence-corrected chi connectivity index (χ0v) is 11.6. The Hall–Kier alpha value is -2.26. The van der Waals surface area contributed by atoms with Gasteiger partial charge < -0.3 is 0 Å². The molecule has 2 aromatic rings. The molecular weight excluding hydrogens is 272 g/mol. The number of fused-ring (bicyclic) bond motifs is 1. The standard InChI is InChI=1S/C16H11ClN2O/c1-10-4-5-14(12(17)9-10)19-13-6-7-15(20)16-11(13)3-2-8-18-16/h2-9H,1H3. The van der Waals surface area contributed by atoms with Crippen molar-refractivity contribution in [3.8, 4) is 0 Å². The maximum Gasteiger partial charge on any atom is 0.204 e. The maximum atomic E-state index is 11.8. The van der Waals surface area contributed by atoms with E-state index in [-0.39, 0.29) is 5.78 Å². The van der Waals surface area contributed by atoms with Gasteiger partial charge in [0.05, 0.1) is 16.4 Å². The van der Waals surface area contributed by atoms with Gasteiger partial charge in [0.2, 0.25) is 5.78 Å². The van der Waals surface area contributed by atoms with Crippen LogP contribution in [0.1, 0.15) is 21.6 Å². The molecule has 0 spiro atoms. The lowest BCUT2D eigenvalue weighted by atomic mass is 9.99. The van der Waals surface area contributed by atoms with Gasteiger partial charge in [-0.3, -0.25) is 9.78 Å². The summed E-state index contributed by atoms with van der Waals surface area (Å²) in [5.74, 6) is -0.102. The van der Waals surface area contributed by atoms with Crippen molar-refractivity contribution in [3.05, 3.63) is 70.5 Å². The largest absolute Gasteiger partial charge is 0.288 e. The number of nitrogens with zero attached hydrogens (tertiary/aromatic N) is 2. The van der Waals surface area contributed by atoms with Crippen LogP contribution in [0.25, 0.3) is 0 Å². The Bertz CT molecular complexity index is 763. The van der Waals surface area contributed by atoms with Crippen molar-refractivity contribution < 1.29 is 4.79 Å². The zero-order valence-electron chi connectivity index (χ0n) is 10.8. The summed E-state index contributed by atoms with van der Waals surface area (Å²) in [5.41, 5.74) is 3.61. The van der Waals surface area contributed by atoms with Crippen molar-refractivity contribution in [2.75, 3.05) is 0 Å². The lowest BCUT2D eigenvalue weighted by molar-refractivity contribution is 0.104. The first-order valence-electron chi connectivity index (χ1n) is 6.18. The Labute approximate surface area is 121 Å². The molecule has 0 amide bonds. The van der Waals surface area contributed by atoms with E-state index < -0.39 is 0 Å². The highest BCUT2D eigenvalue weighted by Crippen LogP contribution is 2.27. The first-order valence-corrected chi connectivity index (χ1v) is 6.55. The summed E-state index contributed by atoms with van der Waals surface area (Å²) in [6.07, 6.45) is 4.78. The Morgan fingerprint density at radius 2 is 2.05 bits per heavy atom. The Kier molecular flexibility index (Phi) is 3.20. The molecule has 0 N–H and O–H groups in total. The van der Waals surface area contributed by atoms with E-state index in [1.54, 1.807) is 18.3 Å². The van der Waals surface area contributed by atoms with Crippen LogP contribution < -0.4 is 0 Å². The van der Waals surface area contributed by atoms with Gasteiger partial charge in [-0.2, -0.15) is 0 Å². The summed E-state index contributed by atoms with van der Waals surface area (Å²) in [4.78, 5) is 20.4. The van der Waals surface area contributed by atoms with Gasteiger partial charge in [0.1, 0.15) is 5.69 Å². The molecule has 1 aromatic heterocycles. The van der Waals surface area contributed by atoms with Gasteiger partial charge >= 0.3 is 0 Å². The topological polar surface area (TPSA) is 42.3 Å². The highest BCUT2D eigenvalue weighted by Gasteiger charge is 2.18. The number of hydrogen-bond acceptors (Lipinski definition) is 3. The van der Waals surface area contributed by atoms with Crippen LogP contribution in [0.4, 0.5) is 5.69 Å². The van der Waals surface area contributed by atoms with Crippen molar-refractivity contribution in [1.29, 1.82) is 0 Å². The second-order valence-corrected chi connectivity index (χ2v) is 4.96. The number of carbonyl (C=O) groups is 1. The number of halogens is 1. The van der Waals surface area contributed by atoms with Crippen LogP contribution in [0.2, 0.25) is 5.02 Å². The number of aromatic nitrogens is 1. The van der Waals surface area contributed by atoms with E-state index in [1.807, 2.05) is 31.2 Å². The molecule has 0 saturated heterocycles. The Morgan fingerprint density at radius 1 is 1.20 bits per heavy atom. The van der Waals surface area contributed by atoms with Gasteiger partial charge in [-0.15, -0.1) is 0 Å². The van der Waals surface area contributed by atoms with Crippen LogP contribution in [0.5, 0.6) is 0 Å². The minimum Gasteiger partial charge on any atom is -0.288 e. The van der Waals surface area contributed by atoms with Crippen molar-refractivity contribution >= 4 is 28.8 Å². The first kappa shape index (κ1) is 12.8. The number of aryl methyl sites for hydroxylation is 1. The van der Waals surface area contributed by atoms with Crippen molar-refractivity contribution in [2.45, 2.75) is 6.92 Å². The summed E-state index contributed by atoms with van der Waals surface area (Å²) >= 11 is 6.19. The van der Waals surface area contributed by atoms with Crippen LogP contribution in [-0.4, -0.2) is 16.5 Å². The molecule has 1 aliphatic carbocycles. The SMILES string of the molecule is Cc1ccc(N=C2C=CC(=O)c3ncccc32)c(Cl)c1. The van der Waals surface area contributed by atoms with Crippen LogP contribution >= 0.6 is 11.6 Å². The molecule has 3 rings (SSSR count). The minimum absolute atomic E-state index is 0.102. The van der Waals surface area contributed by atoms with E-state index in [0.717, 1.165) is 11.1 Å². The first-order chi connectivity index (χ1) is 9.65. The molecule has 98 valence electrons. The molecule has 0 fully saturated rings. The predicted molar refractivity (Wildman–Crippen MR) is 80.1 cm³/mol. The predicted octanol–water partition coefficient (Wildman–Crippen LogP) is 3.92. The zero-order chi connectivity index (χ0) is 14.1. The molecule has 1 aliphatic rings. The van der Waals surface area contributed by atoms with Crippen LogP contribution in [-0.2, 0) is 0 Å². The smallest absolute Gasteiger partial charge is 0.204 e. The number of benzene rings is 1. The lowest BCUT2D eigenvalue weighted by Crippen LogP contribution is -2.13. The van der Waals surface area contributed by atoms with E-state index in [0.29, 0.717) is 22.1 Å². The fourth-order valence-corrected chi connectivity index (χ4v) is 2.34. The van der Waals surface area contributed by atoms with Crippen molar-refractivity contribution in [3.63, 3.8) is 0 Å². The number of ketones is 1. The molecule has 0 saturated carbocycles. The fraction of sp³-hybridized carbons (Fsp3) is 0.0625. The lowest BCUT2D eigenvalue weighted by Gasteiger charge is -2.11. The monoisotopic (exact) mass is 282 g/mol. The van der Waals surface area contributed by atoms with Gasteiger partial charge in [-0.25, -0.2) is 4.99 Å². The third kappa shape index (κ3) is 2.28. The minimum atomic E-state index is -0.102. The molecule has 0 radical (unpaired) electrons. The summed E-state index contributed by atoms with van der Waals surface area (Å²) in [6, 6.07) is 9.31. The van der Waals surface area contributed by atoms with E-state index in [1.165, 1.54) is 6.08 Å². The van der Waals surface area contributed by atoms with Crippen LogP contribution in [0.3, 0.4) is 0 Å². The van der Waals surface area contributed by atoms with Crippen LogP contribution in [0.15, 0.2) is 53.7 Å². The quantitative estimate of drug-likeness (QED) is 0.795. The molecule has 0 atom stereocenters. The van der Waals surface area contributed by atoms with Gasteiger partial charge in [0.15, 0.2) is 0 Å². The molecule has 3 nitrogen and oxygen atoms in total. The molecule has 0 aliphatic heterocycles. The third-order valence-corrected chi connectivity index (χ3v) is 3.36. The van der Waals surface area contributed by atoms with Gasteiger partial charge in [0, 0.05) is 11.8 Å². The molecular formula is C16H11ClN2O. The molecule has 1 heterocycles. The van der Waals surface area contributed by atoms with Crippen LogP contribution in [0, 0.1) is 6.92 Å². The Morgan fingerprint density at radius 3 is 2.85 bits per heavy atom. The van der Waals surface area contributed by atoms with Gasteiger partial charge in [-0.1, -0.05) is 17.7 Å². The highest BCUT2D eigenvalue weighted by atomic mass is 35.5. The molecule has 1 aromatic carbocycles. The second kappa shape index (κ2) is 5.02. The summed E-state index contributed by atoms with van der Waals surface area (Å²) in [5, 5.41) is 0.591. The van der Waals surface area contributed by atoms with Crippen molar-refractivity contribution in [1.82, 2.24) is 4.98 Å². The number of aliphatic imine (C=N–C) groups is 1. The van der Waals surface area contributed by atoms with E-state index in [9.17, 15) is 4.79 Å². The van der Waals surface area contributed by atoms with E-state index in [4.69, 9.17) is 11.6 Å². The summed E-state index contributed by atoms with van der Waals surface area (Å²) < 4.78 is 0. The number of allylic oxidation sites excluding steroid dienone is 2. The number of rotatable bonds is 1. The fourth-order valence-electron chi connectivity index (χ4n) is 2.06. The van der Waals surface area contributed by atoms with Gasteiger partial charge in [-0.05, 0) is 48.9 Å². The average Bonchev–Trinajstić information content (AvgIpc) is 2.45. The number of carbonyl (C=O) groups excluding carboxylic acids is 1. The summed E-state index contributed by atoms with van der Waals surface area (Å²) in [6.45, 7) is 1.97. The molecule has 0 unspecified atom stereocenters. The number of hydrogen-bond donors (Lipinski definition) is 0. The molecule has 4 heteroatoms. The number of pyridine rings is 1. The third-order valence-electron chi connectivity index (χ3n) is 3.05. The van der Waals surface area contributed by atoms with E-state index >= 15 is 0 Å². The summed E-state index contributed by atoms with van der Waals surface area (Å²) in [7, 11) is 0. The highest BCUT2D eigenvalue weighted by molar-refractivity contribution is 6.33.